The number of pyridine rings is 1. The van der Waals surface area contributed by atoms with Crippen molar-refractivity contribution < 1.29 is 18.0 Å². The van der Waals surface area contributed by atoms with Crippen molar-refractivity contribution in [3.8, 4) is 6.07 Å². The molecule has 26 heavy (non-hydrogen) atoms. The van der Waals surface area contributed by atoms with Crippen LogP contribution in [0.2, 0.25) is 0 Å². The lowest BCUT2D eigenvalue weighted by atomic mass is 10.2. The molecule has 0 aliphatic rings. The molecule has 0 aliphatic carbocycles. The van der Waals surface area contributed by atoms with Gasteiger partial charge in [-0.05, 0) is 31.0 Å². The molecule has 2 aromatic rings. The number of urea groups is 1. The van der Waals surface area contributed by atoms with Crippen LogP contribution < -0.4 is 10.6 Å². The van der Waals surface area contributed by atoms with Crippen molar-refractivity contribution in [3.05, 3.63) is 41.5 Å². The number of rotatable bonds is 5. The molecule has 0 radical (unpaired) electrons. The Balaban J connectivity index is 1.87. The SMILES string of the molecule is Cc1cc(C(F)(F)F)n(C[C@@H](C)CNC(=O)Nc2ccc(C#N)nc2)n1. The Labute approximate surface area is 147 Å². The summed E-state index contributed by atoms with van der Waals surface area (Å²) < 4.78 is 39.8. The molecule has 0 aromatic carbocycles. The maximum Gasteiger partial charge on any atom is 0.433 e. The number of halogens is 3. The van der Waals surface area contributed by atoms with Crippen LogP contribution in [-0.2, 0) is 12.7 Å². The lowest BCUT2D eigenvalue weighted by Crippen LogP contribution is -2.34. The van der Waals surface area contributed by atoms with Gasteiger partial charge in [-0.15, -0.1) is 0 Å². The van der Waals surface area contributed by atoms with Crippen molar-refractivity contribution in [1.29, 1.82) is 5.26 Å². The number of hydrogen-bond donors (Lipinski definition) is 2. The smallest absolute Gasteiger partial charge is 0.338 e. The first-order valence-corrected chi connectivity index (χ1v) is 7.71. The zero-order valence-electron chi connectivity index (χ0n) is 14.1. The number of aromatic nitrogens is 3. The third-order valence-electron chi connectivity index (χ3n) is 3.42. The van der Waals surface area contributed by atoms with Crippen molar-refractivity contribution in [1.82, 2.24) is 20.1 Å². The minimum Gasteiger partial charge on any atom is -0.338 e. The van der Waals surface area contributed by atoms with Gasteiger partial charge in [0.15, 0.2) is 0 Å². The number of hydrogen-bond acceptors (Lipinski definition) is 4. The van der Waals surface area contributed by atoms with Gasteiger partial charge in [0.25, 0.3) is 0 Å². The molecule has 0 spiro atoms. The Hall–Kier alpha value is -3.09. The summed E-state index contributed by atoms with van der Waals surface area (Å²) in [4.78, 5) is 15.7. The van der Waals surface area contributed by atoms with Crippen LogP contribution in [0.4, 0.5) is 23.7 Å². The monoisotopic (exact) mass is 366 g/mol. The lowest BCUT2D eigenvalue weighted by Gasteiger charge is -2.16. The molecule has 2 amide bonds. The van der Waals surface area contributed by atoms with Gasteiger partial charge in [-0.2, -0.15) is 23.5 Å². The number of nitrogens with zero attached hydrogens (tertiary/aromatic N) is 4. The van der Waals surface area contributed by atoms with E-state index < -0.39 is 17.9 Å². The first kappa shape index (κ1) is 19.2. The van der Waals surface area contributed by atoms with Crippen molar-refractivity contribution >= 4 is 11.7 Å². The van der Waals surface area contributed by atoms with Crippen molar-refractivity contribution in [2.45, 2.75) is 26.6 Å². The first-order valence-electron chi connectivity index (χ1n) is 7.71. The van der Waals surface area contributed by atoms with E-state index in [9.17, 15) is 18.0 Å². The predicted octanol–water partition coefficient (Wildman–Crippen LogP) is 2.93. The van der Waals surface area contributed by atoms with E-state index in [1.165, 1.54) is 25.3 Å². The van der Waals surface area contributed by atoms with Gasteiger partial charge in [-0.3, -0.25) is 4.68 Å². The van der Waals surface area contributed by atoms with Gasteiger partial charge in [-0.1, -0.05) is 6.92 Å². The fourth-order valence-corrected chi connectivity index (χ4v) is 2.25. The summed E-state index contributed by atoms with van der Waals surface area (Å²) >= 11 is 0. The van der Waals surface area contributed by atoms with Gasteiger partial charge in [0, 0.05) is 13.1 Å². The third kappa shape index (κ3) is 5.20. The number of nitriles is 1. The molecular formula is C16H17F3N6O. The Kier molecular flexibility index (Phi) is 5.82. The van der Waals surface area contributed by atoms with Gasteiger partial charge in [0.1, 0.15) is 17.5 Å². The zero-order valence-corrected chi connectivity index (χ0v) is 14.1. The van der Waals surface area contributed by atoms with Crippen molar-refractivity contribution in [2.24, 2.45) is 5.92 Å². The molecule has 0 saturated carbocycles. The quantitative estimate of drug-likeness (QED) is 0.850. The Morgan fingerprint density at radius 1 is 1.42 bits per heavy atom. The van der Waals surface area contributed by atoms with Crippen LogP contribution in [0.5, 0.6) is 0 Å². The molecule has 1 atom stereocenters. The summed E-state index contributed by atoms with van der Waals surface area (Å²) in [5.41, 5.74) is 0.0919. The molecule has 2 aromatic heterocycles. The van der Waals surface area contributed by atoms with Crippen LogP contribution >= 0.6 is 0 Å². The van der Waals surface area contributed by atoms with Crippen LogP contribution in [0.3, 0.4) is 0 Å². The molecule has 0 saturated heterocycles. The fourth-order valence-electron chi connectivity index (χ4n) is 2.25. The average Bonchev–Trinajstić information content (AvgIpc) is 2.94. The highest BCUT2D eigenvalue weighted by Crippen LogP contribution is 2.30. The molecule has 0 fully saturated rings. The predicted molar refractivity (Wildman–Crippen MR) is 87.1 cm³/mol. The van der Waals surface area contributed by atoms with Gasteiger partial charge in [0.05, 0.1) is 17.6 Å². The molecule has 2 N–H and O–H groups in total. The number of aryl methyl sites for hydroxylation is 1. The summed E-state index contributed by atoms with van der Waals surface area (Å²) in [6.45, 7) is 3.38. The highest BCUT2D eigenvalue weighted by molar-refractivity contribution is 5.88. The van der Waals surface area contributed by atoms with Crippen LogP contribution in [0.15, 0.2) is 24.4 Å². The molecule has 10 heteroatoms. The number of alkyl halides is 3. The van der Waals surface area contributed by atoms with E-state index in [2.05, 4.69) is 20.7 Å². The molecule has 2 rings (SSSR count). The molecule has 0 bridgehead atoms. The Bertz CT molecular complexity index is 807. The van der Waals surface area contributed by atoms with Gasteiger partial charge < -0.3 is 10.6 Å². The summed E-state index contributed by atoms with van der Waals surface area (Å²) in [7, 11) is 0. The molecule has 0 unspecified atom stereocenters. The minimum atomic E-state index is -4.48. The summed E-state index contributed by atoms with van der Waals surface area (Å²) in [5, 5.41) is 17.6. The molecule has 2 heterocycles. The van der Waals surface area contributed by atoms with E-state index >= 15 is 0 Å². The average molecular weight is 366 g/mol. The number of anilines is 1. The molecule has 7 nitrogen and oxygen atoms in total. The van der Waals surface area contributed by atoms with Gasteiger partial charge in [0.2, 0.25) is 0 Å². The van der Waals surface area contributed by atoms with E-state index in [4.69, 9.17) is 5.26 Å². The normalized spacial score (nSPS) is 12.3. The number of amides is 2. The van der Waals surface area contributed by atoms with Gasteiger partial charge >= 0.3 is 12.2 Å². The summed E-state index contributed by atoms with van der Waals surface area (Å²) in [6.07, 6.45) is -3.14. The number of nitrogens with one attached hydrogen (secondary N) is 2. The highest BCUT2D eigenvalue weighted by Gasteiger charge is 2.35. The second kappa shape index (κ2) is 7.86. The van der Waals surface area contributed by atoms with E-state index in [0.29, 0.717) is 5.69 Å². The minimum absolute atomic E-state index is 0.0153. The molecular weight excluding hydrogens is 349 g/mol. The van der Waals surface area contributed by atoms with Crippen LogP contribution in [0.25, 0.3) is 0 Å². The van der Waals surface area contributed by atoms with Crippen LogP contribution in [0, 0.1) is 24.2 Å². The van der Waals surface area contributed by atoms with Crippen LogP contribution in [-0.4, -0.2) is 27.3 Å². The Morgan fingerprint density at radius 3 is 2.73 bits per heavy atom. The number of carbonyl (C=O) groups excluding carboxylic acids is 1. The van der Waals surface area contributed by atoms with E-state index in [1.54, 1.807) is 6.92 Å². The Morgan fingerprint density at radius 2 is 2.15 bits per heavy atom. The topological polar surface area (TPSA) is 95.6 Å². The van der Waals surface area contributed by atoms with Crippen LogP contribution in [0.1, 0.15) is 24.0 Å². The van der Waals surface area contributed by atoms with E-state index in [0.717, 1.165) is 10.7 Å². The molecule has 138 valence electrons. The first-order chi connectivity index (χ1) is 12.2. The second-order valence-corrected chi connectivity index (χ2v) is 5.83. The standard InChI is InChI=1S/C16H17F3N6O/c1-10(9-25-14(16(17,18)19)5-11(2)24-25)7-22-15(26)23-13-4-3-12(6-20)21-8-13/h3-5,8,10H,7,9H2,1-2H3,(H2,22,23,26)/t10-/m0/s1. The zero-order chi connectivity index (χ0) is 19.3. The third-order valence-corrected chi connectivity index (χ3v) is 3.42. The maximum atomic E-state index is 13.0. The molecule has 0 aliphatic heterocycles. The van der Waals surface area contributed by atoms with Crippen molar-refractivity contribution in [3.63, 3.8) is 0 Å². The fraction of sp³-hybridized carbons (Fsp3) is 0.375. The highest BCUT2D eigenvalue weighted by atomic mass is 19.4. The van der Waals surface area contributed by atoms with Crippen molar-refractivity contribution in [2.75, 3.05) is 11.9 Å². The lowest BCUT2D eigenvalue weighted by molar-refractivity contribution is -0.144. The van der Waals surface area contributed by atoms with E-state index in [-0.39, 0.29) is 30.4 Å². The summed E-state index contributed by atoms with van der Waals surface area (Å²) in [6, 6.07) is 5.31. The van der Waals surface area contributed by atoms with E-state index in [1.807, 2.05) is 6.07 Å². The summed E-state index contributed by atoms with van der Waals surface area (Å²) in [5.74, 6) is -0.278. The second-order valence-electron chi connectivity index (χ2n) is 5.83. The maximum absolute atomic E-state index is 13.0. The van der Waals surface area contributed by atoms with Gasteiger partial charge in [-0.25, -0.2) is 9.78 Å². The number of carbonyl (C=O) groups is 1. The largest absolute Gasteiger partial charge is 0.433 e.